The predicted octanol–water partition coefficient (Wildman–Crippen LogP) is 4.07. The number of rotatable bonds is 7. The van der Waals surface area contributed by atoms with E-state index in [0.717, 1.165) is 25.4 Å². The van der Waals surface area contributed by atoms with Crippen LogP contribution in [-0.4, -0.2) is 6.61 Å². The Morgan fingerprint density at radius 2 is 1.95 bits per heavy atom. The summed E-state index contributed by atoms with van der Waals surface area (Å²) < 4.78 is 5.85. The lowest BCUT2D eigenvalue weighted by molar-refractivity contribution is 0.268. The van der Waals surface area contributed by atoms with Crippen molar-refractivity contribution in [3.05, 3.63) is 52.2 Å². The molecule has 0 unspecified atom stereocenters. The van der Waals surface area contributed by atoms with Gasteiger partial charge in [-0.25, -0.2) is 0 Å². The lowest BCUT2D eigenvalue weighted by Crippen LogP contribution is -2.13. The molecule has 0 atom stereocenters. The van der Waals surface area contributed by atoms with E-state index in [9.17, 15) is 0 Å². The Kier molecular flexibility index (Phi) is 5.43. The standard InChI is InChI=1S/C16H21NOS/c1-13(2)12-18-16-8-4-3-6-14(16)10-17-11-15-7-5-9-19-15/h3-9,13,17H,10-12H2,1-2H3. The van der Waals surface area contributed by atoms with Crippen LogP contribution in [0.15, 0.2) is 41.8 Å². The van der Waals surface area contributed by atoms with Crippen molar-refractivity contribution in [3.8, 4) is 5.75 Å². The van der Waals surface area contributed by atoms with Gasteiger partial charge in [-0.3, -0.25) is 0 Å². The second kappa shape index (κ2) is 7.31. The number of ether oxygens (including phenoxy) is 1. The van der Waals surface area contributed by atoms with Crippen LogP contribution in [0.25, 0.3) is 0 Å². The van der Waals surface area contributed by atoms with Crippen molar-refractivity contribution >= 4 is 11.3 Å². The van der Waals surface area contributed by atoms with Gasteiger partial charge in [-0.1, -0.05) is 38.1 Å². The molecule has 0 aliphatic heterocycles. The SMILES string of the molecule is CC(C)COc1ccccc1CNCc1cccs1. The molecule has 19 heavy (non-hydrogen) atoms. The quantitative estimate of drug-likeness (QED) is 0.822. The monoisotopic (exact) mass is 275 g/mol. The Labute approximate surface area is 119 Å². The highest BCUT2D eigenvalue weighted by Crippen LogP contribution is 2.19. The normalized spacial score (nSPS) is 10.9. The first-order valence-electron chi connectivity index (χ1n) is 6.69. The molecular formula is C16H21NOS. The zero-order valence-corrected chi connectivity index (χ0v) is 12.4. The third-order valence-corrected chi connectivity index (χ3v) is 3.62. The van der Waals surface area contributed by atoms with Crippen molar-refractivity contribution in [1.29, 1.82) is 0 Å². The highest BCUT2D eigenvalue weighted by Gasteiger charge is 2.04. The van der Waals surface area contributed by atoms with Gasteiger partial charge >= 0.3 is 0 Å². The average molecular weight is 275 g/mol. The summed E-state index contributed by atoms with van der Waals surface area (Å²) in [4.78, 5) is 1.36. The molecule has 0 saturated heterocycles. The van der Waals surface area contributed by atoms with Gasteiger partial charge in [-0.15, -0.1) is 11.3 Å². The van der Waals surface area contributed by atoms with Crippen LogP contribution in [0.4, 0.5) is 0 Å². The van der Waals surface area contributed by atoms with Crippen LogP contribution in [0.1, 0.15) is 24.3 Å². The summed E-state index contributed by atoms with van der Waals surface area (Å²) in [5, 5.41) is 5.57. The first-order valence-corrected chi connectivity index (χ1v) is 7.57. The summed E-state index contributed by atoms with van der Waals surface area (Å²) in [6.07, 6.45) is 0. The minimum absolute atomic E-state index is 0.548. The first kappa shape index (κ1) is 14.1. The van der Waals surface area contributed by atoms with Gasteiger partial charge in [-0.05, 0) is 23.4 Å². The van der Waals surface area contributed by atoms with Crippen molar-refractivity contribution in [3.63, 3.8) is 0 Å². The molecule has 102 valence electrons. The maximum Gasteiger partial charge on any atom is 0.123 e. The van der Waals surface area contributed by atoms with Gasteiger partial charge < -0.3 is 10.1 Å². The van der Waals surface area contributed by atoms with Gasteiger partial charge in [0.05, 0.1) is 6.61 Å². The lowest BCUT2D eigenvalue weighted by atomic mass is 10.2. The van der Waals surface area contributed by atoms with Crippen LogP contribution in [0.2, 0.25) is 0 Å². The topological polar surface area (TPSA) is 21.3 Å². The molecule has 2 aromatic rings. The summed E-state index contributed by atoms with van der Waals surface area (Å²) in [6, 6.07) is 12.5. The fourth-order valence-corrected chi connectivity index (χ4v) is 2.46. The van der Waals surface area contributed by atoms with E-state index in [1.165, 1.54) is 10.4 Å². The molecule has 1 aromatic heterocycles. The van der Waals surface area contributed by atoms with Crippen molar-refractivity contribution in [2.24, 2.45) is 5.92 Å². The molecule has 3 heteroatoms. The largest absolute Gasteiger partial charge is 0.493 e. The van der Waals surface area contributed by atoms with Gasteiger partial charge in [0.15, 0.2) is 0 Å². The van der Waals surface area contributed by atoms with E-state index < -0.39 is 0 Å². The molecule has 0 aliphatic carbocycles. The van der Waals surface area contributed by atoms with Gasteiger partial charge in [0, 0.05) is 23.5 Å². The number of hydrogen-bond acceptors (Lipinski definition) is 3. The summed E-state index contributed by atoms with van der Waals surface area (Å²) in [6.45, 7) is 6.85. The summed E-state index contributed by atoms with van der Waals surface area (Å²) in [5.41, 5.74) is 1.22. The predicted molar refractivity (Wildman–Crippen MR) is 81.6 cm³/mol. The fourth-order valence-electron chi connectivity index (χ4n) is 1.78. The number of benzene rings is 1. The van der Waals surface area contributed by atoms with Crippen molar-refractivity contribution < 1.29 is 4.74 Å². The third-order valence-electron chi connectivity index (χ3n) is 2.74. The first-order chi connectivity index (χ1) is 9.25. The maximum absolute atomic E-state index is 5.85. The zero-order chi connectivity index (χ0) is 13.5. The van der Waals surface area contributed by atoms with Crippen LogP contribution in [0.5, 0.6) is 5.75 Å². The second-order valence-electron chi connectivity index (χ2n) is 5.00. The fraction of sp³-hybridized carbons (Fsp3) is 0.375. The molecule has 0 fully saturated rings. The molecule has 2 nitrogen and oxygen atoms in total. The van der Waals surface area contributed by atoms with E-state index in [1.807, 2.05) is 12.1 Å². The van der Waals surface area contributed by atoms with E-state index in [0.29, 0.717) is 5.92 Å². The molecule has 1 heterocycles. The van der Waals surface area contributed by atoms with E-state index in [2.05, 4.69) is 48.8 Å². The molecule has 1 aromatic carbocycles. The van der Waals surface area contributed by atoms with Crippen LogP contribution in [-0.2, 0) is 13.1 Å². The van der Waals surface area contributed by atoms with Gasteiger partial charge in [0.25, 0.3) is 0 Å². The van der Waals surface area contributed by atoms with Gasteiger partial charge in [0.2, 0.25) is 0 Å². The molecule has 0 saturated carbocycles. The molecule has 2 rings (SSSR count). The van der Waals surface area contributed by atoms with Crippen LogP contribution < -0.4 is 10.1 Å². The summed E-state index contributed by atoms with van der Waals surface area (Å²) in [5.74, 6) is 1.54. The molecule has 0 bridgehead atoms. The minimum Gasteiger partial charge on any atom is -0.493 e. The lowest BCUT2D eigenvalue weighted by Gasteiger charge is -2.13. The smallest absolute Gasteiger partial charge is 0.123 e. The Balaban J connectivity index is 1.88. The van der Waals surface area contributed by atoms with Gasteiger partial charge in [-0.2, -0.15) is 0 Å². The molecule has 0 aliphatic rings. The summed E-state index contributed by atoms with van der Waals surface area (Å²) >= 11 is 1.78. The number of hydrogen-bond donors (Lipinski definition) is 1. The Morgan fingerprint density at radius 3 is 2.68 bits per heavy atom. The van der Waals surface area contributed by atoms with Crippen LogP contribution in [0, 0.1) is 5.92 Å². The molecule has 0 spiro atoms. The highest BCUT2D eigenvalue weighted by molar-refractivity contribution is 7.09. The van der Waals surface area contributed by atoms with Crippen molar-refractivity contribution in [2.45, 2.75) is 26.9 Å². The zero-order valence-electron chi connectivity index (χ0n) is 11.6. The summed E-state index contributed by atoms with van der Waals surface area (Å²) in [7, 11) is 0. The van der Waals surface area contributed by atoms with E-state index in [1.54, 1.807) is 11.3 Å². The molecule has 0 radical (unpaired) electrons. The van der Waals surface area contributed by atoms with Crippen molar-refractivity contribution in [1.82, 2.24) is 5.32 Å². The highest BCUT2D eigenvalue weighted by atomic mass is 32.1. The van der Waals surface area contributed by atoms with Crippen LogP contribution >= 0.6 is 11.3 Å². The van der Waals surface area contributed by atoms with E-state index in [4.69, 9.17) is 4.74 Å². The van der Waals surface area contributed by atoms with Crippen molar-refractivity contribution in [2.75, 3.05) is 6.61 Å². The van der Waals surface area contributed by atoms with Gasteiger partial charge in [0.1, 0.15) is 5.75 Å². The van der Waals surface area contributed by atoms with E-state index in [-0.39, 0.29) is 0 Å². The second-order valence-corrected chi connectivity index (χ2v) is 6.03. The number of nitrogens with one attached hydrogen (secondary N) is 1. The number of para-hydroxylation sites is 1. The van der Waals surface area contributed by atoms with E-state index >= 15 is 0 Å². The average Bonchev–Trinajstić information content (AvgIpc) is 2.91. The third kappa shape index (κ3) is 4.69. The Bertz CT molecular complexity index is 479. The maximum atomic E-state index is 5.85. The molecule has 0 amide bonds. The molecular weight excluding hydrogens is 254 g/mol. The van der Waals surface area contributed by atoms with Crippen LogP contribution in [0.3, 0.4) is 0 Å². The molecule has 1 N–H and O–H groups in total. The Hall–Kier alpha value is -1.32. The Morgan fingerprint density at radius 1 is 1.11 bits per heavy atom. The minimum atomic E-state index is 0.548. The number of thiophene rings is 1.